The van der Waals surface area contributed by atoms with Crippen LogP contribution in [0.3, 0.4) is 0 Å². The van der Waals surface area contributed by atoms with Gasteiger partial charge in [-0.05, 0) is 30.3 Å². The third-order valence-electron chi connectivity index (χ3n) is 4.40. The number of nitrogens with zero attached hydrogens (tertiary/aromatic N) is 2. The predicted octanol–water partition coefficient (Wildman–Crippen LogP) is 2.36. The van der Waals surface area contributed by atoms with Crippen molar-refractivity contribution in [1.82, 2.24) is 5.06 Å². The average molecular weight is 399 g/mol. The van der Waals surface area contributed by atoms with E-state index < -0.39 is 29.6 Å². The third kappa shape index (κ3) is 2.74. The lowest BCUT2D eigenvalue weighted by atomic mass is 10.1. The standard InChI is InChI=1S/C19H11ClN2O6/c20-14-6-5-10(21-17(25)11-3-1-2-4-12(11)18(21)26)9-13(14)19(27)28-22-15(23)7-8-16(22)24/h1-6,9H,7-8H2. The number of carbonyl (C=O) groups excluding carboxylic acids is 5. The highest BCUT2D eigenvalue weighted by atomic mass is 35.5. The van der Waals surface area contributed by atoms with Crippen molar-refractivity contribution < 1.29 is 28.8 Å². The summed E-state index contributed by atoms with van der Waals surface area (Å²) in [6.45, 7) is 0. The summed E-state index contributed by atoms with van der Waals surface area (Å²) in [5.74, 6) is -3.39. The Morgan fingerprint density at radius 2 is 1.46 bits per heavy atom. The number of hydrogen-bond donors (Lipinski definition) is 0. The third-order valence-corrected chi connectivity index (χ3v) is 4.73. The first-order valence-electron chi connectivity index (χ1n) is 8.24. The second kappa shape index (κ2) is 6.58. The molecule has 0 aromatic heterocycles. The Balaban J connectivity index is 1.66. The fourth-order valence-corrected chi connectivity index (χ4v) is 3.22. The van der Waals surface area contributed by atoms with Gasteiger partial charge in [-0.1, -0.05) is 23.7 Å². The highest BCUT2D eigenvalue weighted by Crippen LogP contribution is 2.31. The summed E-state index contributed by atoms with van der Waals surface area (Å²) in [7, 11) is 0. The van der Waals surface area contributed by atoms with Crippen molar-refractivity contribution >= 4 is 46.9 Å². The largest absolute Gasteiger partial charge is 0.365 e. The first-order chi connectivity index (χ1) is 13.4. The zero-order valence-electron chi connectivity index (χ0n) is 14.2. The minimum absolute atomic E-state index is 0.0237. The lowest BCUT2D eigenvalue weighted by Crippen LogP contribution is -2.32. The summed E-state index contributed by atoms with van der Waals surface area (Å²) in [4.78, 5) is 66.6. The molecule has 0 atom stereocenters. The zero-order chi connectivity index (χ0) is 20.0. The fraction of sp³-hybridized carbons (Fsp3) is 0.105. The van der Waals surface area contributed by atoms with E-state index in [0.717, 1.165) is 4.90 Å². The van der Waals surface area contributed by atoms with Crippen LogP contribution < -0.4 is 4.90 Å². The Labute approximate surface area is 163 Å². The predicted molar refractivity (Wildman–Crippen MR) is 95.5 cm³/mol. The summed E-state index contributed by atoms with van der Waals surface area (Å²) in [6.07, 6.45) is -0.0934. The van der Waals surface area contributed by atoms with E-state index in [1.54, 1.807) is 12.1 Å². The van der Waals surface area contributed by atoms with Gasteiger partial charge in [-0.15, -0.1) is 5.06 Å². The zero-order valence-corrected chi connectivity index (χ0v) is 14.9. The molecule has 9 heteroatoms. The molecule has 1 saturated heterocycles. The summed E-state index contributed by atoms with van der Waals surface area (Å²) < 4.78 is 0. The molecule has 0 spiro atoms. The van der Waals surface area contributed by atoms with E-state index in [0.29, 0.717) is 5.06 Å². The molecule has 0 aliphatic carbocycles. The van der Waals surface area contributed by atoms with E-state index in [9.17, 15) is 24.0 Å². The SMILES string of the molecule is O=C(ON1C(=O)CCC1=O)c1cc(N2C(=O)c3ccccc3C2=O)ccc1Cl. The molecule has 2 aromatic rings. The molecule has 0 bridgehead atoms. The minimum Gasteiger partial charge on any atom is -0.325 e. The molecule has 2 aliphatic rings. The van der Waals surface area contributed by atoms with Crippen LogP contribution in [-0.4, -0.2) is 34.7 Å². The molecule has 8 nitrogen and oxygen atoms in total. The number of hydroxylamine groups is 2. The highest BCUT2D eigenvalue weighted by Gasteiger charge is 2.37. The fourth-order valence-electron chi connectivity index (χ4n) is 3.02. The van der Waals surface area contributed by atoms with Crippen LogP contribution in [0.5, 0.6) is 0 Å². The van der Waals surface area contributed by atoms with Crippen LogP contribution in [0.2, 0.25) is 5.02 Å². The second-order valence-corrected chi connectivity index (χ2v) is 6.52. The van der Waals surface area contributed by atoms with E-state index in [2.05, 4.69) is 0 Å². The molecule has 140 valence electrons. The number of hydrogen-bond acceptors (Lipinski definition) is 6. The van der Waals surface area contributed by atoms with Crippen molar-refractivity contribution in [3.63, 3.8) is 0 Å². The Morgan fingerprint density at radius 1 is 0.893 bits per heavy atom. The Kier molecular flexibility index (Phi) is 4.20. The quantitative estimate of drug-likeness (QED) is 0.735. The van der Waals surface area contributed by atoms with Crippen LogP contribution in [0.15, 0.2) is 42.5 Å². The average Bonchev–Trinajstić information content (AvgIpc) is 3.13. The summed E-state index contributed by atoms with van der Waals surface area (Å²) in [5, 5.41) is 0.373. The molecule has 0 saturated carbocycles. The van der Waals surface area contributed by atoms with Crippen LogP contribution in [0, 0.1) is 0 Å². The minimum atomic E-state index is -1.05. The topological polar surface area (TPSA) is 101 Å². The van der Waals surface area contributed by atoms with Crippen molar-refractivity contribution in [3.05, 3.63) is 64.2 Å². The maximum Gasteiger partial charge on any atom is 0.365 e. The summed E-state index contributed by atoms with van der Waals surface area (Å²) in [6, 6.07) is 10.3. The van der Waals surface area contributed by atoms with E-state index in [1.165, 1.54) is 30.3 Å². The van der Waals surface area contributed by atoms with Gasteiger partial charge >= 0.3 is 5.97 Å². The molecule has 28 heavy (non-hydrogen) atoms. The molecule has 2 heterocycles. The molecule has 2 aliphatic heterocycles. The van der Waals surface area contributed by atoms with E-state index in [-0.39, 0.29) is 40.2 Å². The number of amides is 4. The summed E-state index contributed by atoms with van der Waals surface area (Å²) >= 11 is 6.04. The number of carbonyl (C=O) groups is 5. The molecule has 2 aromatic carbocycles. The monoisotopic (exact) mass is 398 g/mol. The maximum atomic E-state index is 12.6. The lowest BCUT2D eigenvalue weighted by Gasteiger charge is -2.17. The summed E-state index contributed by atoms with van der Waals surface area (Å²) in [5.41, 5.74) is 0.421. The van der Waals surface area contributed by atoms with Gasteiger partial charge in [0.25, 0.3) is 23.6 Å². The molecular formula is C19H11ClN2O6. The van der Waals surface area contributed by atoms with Crippen molar-refractivity contribution in [2.75, 3.05) is 4.90 Å². The van der Waals surface area contributed by atoms with Crippen LogP contribution in [0.4, 0.5) is 5.69 Å². The van der Waals surface area contributed by atoms with Gasteiger partial charge in [0.1, 0.15) is 0 Å². The Morgan fingerprint density at radius 3 is 2.04 bits per heavy atom. The Bertz CT molecular complexity index is 1030. The van der Waals surface area contributed by atoms with Gasteiger partial charge in [-0.3, -0.25) is 19.2 Å². The van der Waals surface area contributed by atoms with Crippen molar-refractivity contribution in [2.24, 2.45) is 0 Å². The number of halogens is 1. The van der Waals surface area contributed by atoms with Gasteiger partial charge in [0.2, 0.25) is 0 Å². The van der Waals surface area contributed by atoms with Gasteiger partial charge in [0, 0.05) is 12.8 Å². The van der Waals surface area contributed by atoms with Crippen molar-refractivity contribution in [2.45, 2.75) is 12.8 Å². The molecule has 0 radical (unpaired) electrons. The van der Waals surface area contributed by atoms with Crippen molar-refractivity contribution in [1.29, 1.82) is 0 Å². The van der Waals surface area contributed by atoms with Crippen LogP contribution in [-0.2, 0) is 14.4 Å². The number of rotatable bonds is 3. The van der Waals surface area contributed by atoms with Crippen LogP contribution >= 0.6 is 11.6 Å². The number of imide groups is 2. The number of fused-ring (bicyclic) bond motifs is 1. The van der Waals surface area contributed by atoms with Gasteiger partial charge in [-0.25, -0.2) is 9.69 Å². The van der Waals surface area contributed by atoms with E-state index in [4.69, 9.17) is 16.4 Å². The molecule has 4 amide bonds. The van der Waals surface area contributed by atoms with Gasteiger partial charge in [0.05, 0.1) is 27.4 Å². The first-order valence-corrected chi connectivity index (χ1v) is 8.61. The highest BCUT2D eigenvalue weighted by molar-refractivity contribution is 6.36. The van der Waals surface area contributed by atoms with E-state index >= 15 is 0 Å². The van der Waals surface area contributed by atoms with E-state index in [1.807, 2.05) is 0 Å². The Hall–Kier alpha value is -3.52. The smallest absolute Gasteiger partial charge is 0.325 e. The molecule has 1 fully saturated rings. The molecule has 4 rings (SSSR count). The molecule has 0 unspecified atom stereocenters. The normalized spacial score (nSPS) is 16.0. The lowest BCUT2D eigenvalue weighted by molar-refractivity contribution is -0.172. The number of anilines is 1. The van der Waals surface area contributed by atoms with Gasteiger partial charge < -0.3 is 4.84 Å². The first kappa shape index (κ1) is 17.9. The second-order valence-electron chi connectivity index (χ2n) is 6.12. The molecule has 0 N–H and O–H groups in total. The maximum absolute atomic E-state index is 12.6. The van der Waals surface area contributed by atoms with Crippen LogP contribution in [0.1, 0.15) is 43.9 Å². The van der Waals surface area contributed by atoms with Crippen molar-refractivity contribution in [3.8, 4) is 0 Å². The van der Waals surface area contributed by atoms with Crippen LogP contribution in [0.25, 0.3) is 0 Å². The number of benzene rings is 2. The van der Waals surface area contributed by atoms with Gasteiger partial charge in [0.15, 0.2) is 0 Å². The molecular weight excluding hydrogens is 388 g/mol. The van der Waals surface area contributed by atoms with Gasteiger partial charge in [-0.2, -0.15) is 0 Å².